The van der Waals surface area contributed by atoms with Gasteiger partial charge in [0.15, 0.2) is 5.78 Å². The average Bonchev–Trinajstić information content (AvgIpc) is 2.12. The van der Waals surface area contributed by atoms with Crippen molar-refractivity contribution < 1.29 is 15.3 Å². The normalized spacial score (nSPS) is 39.7. The van der Waals surface area contributed by atoms with E-state index in [2.05, 4.69) is 19.6 Å². The standard InChI is InChI=1S/C14H21NO2/c1-13(2)7-10(16)12-9-4-3-5-14(15,6-9)17-11(12)8-13/h9H,3-8,15H2,1-2H3/p+1/t9-,14+/m1/s1. The van der Waals surface area contributed by atoms with Gasteiger partial charge in [0, 0.05) is 37.2 Å². The van der Waals surface area contributed by atoms with E-state index in [0.717, 1.165) is 43.4 Å². The summed E-state index contributed by atoms with van der Waals surface area (Å²) in [5.74, 6) is 1.72. The summed E-state index contributed by atoms with van der Waals surface area (Å²) in [6, 6.07) is 0. The lowest BCUT2D eigenvalue weighted by atomic mass is 9.68. The molecule has 3 N–H and O–H groups in total. The van der Waals surface area contributed by atoms with Crippen molar-refractivity contribution in [2.24, 2.45) is 11.3 Å². The van der Waals surface area contributed by atoms with Gasteiger partial charge in [0.05, 0.1) is 0 Å². The summed E-state index contributed by atoms with van der Waals surface area (Å²) in [7, 11) is 0. The van der Waals surface area contributed by atoms with E-state index in [4.69, 9.17) is 4.74 Å². The summed E-state index contributed by atoms with van der Waals surface area (Å²) in [6.45, 7) is 4.30. The van der Waals surface area contributed by atoms with Crippen LogP contribution in [0.25, 0.3) is 0 Å². The monoisotopic (exact) mass is 236 g/mol. The summed E-state index contributed by atoms with van der Waals surface area (Å²) in [4.78, 5) is 12.3. The second kappa shape index (κ2) is 3.35. The molecule has 1 aliphatic heterocycles. The minimum absolute atomic E-state index is 0.0535. The highest BCUT2D eigenvalue weighted by molar-refractivity contribution is 5.97. The second-order valence-corrected chi connectivity index (χ2v) is 6.86. The van der Waals surface area contributed by atoms with Crippen LogP contribution in [0.1, 0.15) is 52.4 Å². The third kappa shape index (κ3) is 1.81. The molecule has 3 aliphatic rings. The molecule has 3 nitrogen and oxygen atoms in total. The zero-order chi connectivity index (χ0) is 12.3. The van der Waals surface area contributed by atoms with E-state index >= 15 is 0 Å². The maximum absolute atomic E-state index is 12.3. The van der Waals surface area contributed by atoms with Gasteiger partial charge in [-0.25, -0.2) is 0 Å². The van der Waals surface area contributed by atoms with Crippen molar-refractivity contribution in [3.63, 3.8) is 0 Å². The highest BCUT2D eigenvalue weighted by atomic mass is 16.5. The second-order valence-electron chi connectivity index (χ2n) is 6.86. The van der Waals surface area contributed by atoms with E-state index in [1.54, 1.807) is 0 Å². The van der Waals surface area contributed by atoms with Gasteiger partial charge in [0.25, 0.3) is 0 Å². The summed E-state index contributed by atoms with van der Waals surface area (Å²) < 4.78 is 6.10. The van der Waals surface area contributed by atoms with Gasteiger partial charge in [-0.1, -0.05) is 13.8 Å². The molecule has 0 unspecified atom stereocenters. The average molecular weight is 236 g/mol. The Morgan fingerprint density at radius 1 is 1.35 bits per heavy atom. The van der Waals surface area contributed by atoms with Gasteiger partial charge in [-0.15, -0.1) is 0 Å². The lowest BCUT2D eigenvalue weighted by Gasteiger charge is -2.45. The van der Waals surface area contributed by atoms with Gasteiger partial charge in [-0.3, -0.25) is 4.79 Å². The van der Waals surface area contributed by atoms with Crippen LogP contribution in [0.2, 0.25) is 0 Å². The van der Waals surface area contributed by atoms with Gasteiger partial charge in [0.2, 0.25) is 5.72 Å². The Kier molecular flexibility index (Phi) is 2.22. The molecular formula is C14H22NO2+. The minimum Gasteiger partial charge on any atom is -0.444 e. The van der Waals surface area contributed by atoms with Crippen LogP contribution in [0.15, 0.2) is 11.3 Å². The van der Waals surface area contributed by atoms with E-state index in [-0.39, 0.29) is 11.1 Å². The predicted octanol–water partition coefficient (Wildman–Crippen LogP) is 1.79. The first-order chi connectivity index (χ1) is 7.89. The highest BCUT2D eigenvalue weighted by Crippen LogP contribution is 2.49. The fraction of sp³-hybridized carbons (Fsp3) is 0.786. The largest absolute Gasteiger partial charge is 0.444 e. The Bertz CT molecular complexity index is 410. The molecule has 0 aromatic heterocycles. The quantitative estimate of drug-likeness (QED) is 0.697. The van der Waals surface area contributed by atoms with E-state index in [9.17, 15) is 4.79 Å². The Balaban J connectivity index is 2.02. The van der Waals surface area contributed by atoms with E-state index in [0.29, 0.717) is 18.1 Å². The SMILES string of the molecule is CC1(C)CC(=O)C2=C(C1)O[C@@]1([NH3+])CCC[C@@H]2C1. The van der Waals surface area contributed by atoms with Crippen LogP contribution in [0, 0.1) is 11.3 Å². The Labute approximate surface area is 102 Å². The molecule has 3 heteroatoms. The van der Waals surface area contributed by atoms with Crippen molar-refractivity contribution in [2.45, 2.75) is 58.1 Å². The molecule has 17 heavy (non-hydrogen) atoms. The minimum atomic E-state index is -0.241. The third-order valence-corrected chi connectivity index (χ3v) is 4.43. The number of hydrogen-bond acceptors (Lipinski definition) is 2. The molecule has 0 aromatic carbocycles. The zero-order valence-corrected chi connectivity index (χ0v) is 10.8. The lowest BCUT2D eigenvalue weighted by molar-refractivity contribution is -0.560. The van der Waals surface area contributed by atoms with E-state index in [1.165, 1.54) is 0 Å². The van der Waals surface area contributed by atoms with Gasteiger partial charge in [-0.05, 0) is 18.3 Å². The lowest BCUT2D eigenvalue weighted by Crippen LogP contribution is -2.76. The summed E-state index contributed by atoms with van der Waals surface area (Å²) in [6.07, 6.45) is 5.85. The fourth-order valence-corrected chi connectivity index (χ4v) is 3.75. The number of allylic oxidation sites excluding steroid dienone is 2. The van der Waals surface area contributed by atoms with Gasteiger partial charge < -0.3 is 10.5 Å². The fourth-order valence-electron chi connectivity index (χ4n) is 3.75. The topological polar surface area (TPSA) is 53.9 Å². The molecule has 1 saturated carbocycles. The first-order valence-corrected chi connectivity index (χ1v) is 6.69. The number of carbonyl (C=O) groups excluding carboxylic acids is 1. The number of rotatable bonds is 0. The summed E-state index contributed by atoms with van der Waals surface area (Å²) in [5.41, 5.74) is 5.08. The van der Waals surface area contributed by atoms with Gasteiger partial charge in [-0.2, -0.15) is 0 Å². The number of hydrogen-bond donors (Lipinski definition) is 1. The summed E-state index contributed by atoms with van der Waals surface area (Å²) in [5, 5.41) is 0. The molecule has 94 valence electrons. The molecule has 3 rings (SSSR count). The first-order valence-electron chi connectivity index (χ1n) is 6.69. The van der Waals surface area contributed by atoms with Crippen molar-refractivity contribution in [1.29, 1.82) is 0 Å². The van der Waals surface area contributed by atoms with Crippen LogP contribution >= 0.6 is 0 Å². The third-order valence-electron chi connectivity index (χ3n) is 4.43. The molecule has 2 atom stereocenters. The number of Topliss-reactive ketones (excluding diaryl/α,β-unsaturated/α-hetero) is 1. The molecule has 1 heterocycles. The Hall–Kier alpha value is -0.830. The highest BCUT2D eigenvalue weighted by Gasteiger charge is 2.49. The Morgan fingerprint density at radius 2 is 2.12 bits per heavy atom. The molecule has 2 aliphatic carbocycles. The molecule has 0 spiro atoms. The van der Waals surface area contributed by atoms with Crippen LogP contribution in [0.5, 0.6) is 0 Å². The molecular weight excluding hydrogens is 214 g/mol. The zero-order valence-electron chi connectivity index (χ0n) is 10.8. The van der Waals surface area contributed by atoms with Crippen LogP contribution in [-0.2, 0) is 9.53 Å². The maximum atomic E-state index is 12.3. The van der Waals surface area contributed by atoms with E-state index < -0.39 is 0 Å². The smallest absolute Gasteiger partial charge is 0.238 e. The molecule has 1 fully saturated rings. The van der Waals surface area contributed by atoms with Crippen molar-refractivity contribution in [3.05, 3.63) is 11.3 Å². The first kappa shape index (κ1) is 11.3. The number of carbonyl (C=O) groups is 1. The molecule has 2 bridgehead atoms. The number of fused-ring (bicyclic) bond motifs is 3. The molecule has 0 saturated heterocycles. The van der Waals surface area contributed by atoms with Crippen molar-refractivity contribution in [1.82, 2.24) is 0 Å². The van der Waals surface area contributed by atoms with Crippen molar-refractivity contribution in [3.8, 4) is 0 Å². The predicted molar refractivity (Wildman–Crippen MR) is 63.7 cm³/mol. The molecule has 0 aromatic rings. The molecule has 0 amide bonds. The molecule has 0 radical (unpaired) electrons. The maximum Gasteiger partial charge on any atom is 0.238 e. The van der Waals surface area contributed by atoms with Crippen molar-refractivity contribution >= 4 is 5.78 Å². The van der Waals surface area contributed by atoms with Gasteiger partial charge in [0.1, 0.15) is 5.76 Å². The number of quaternary nitrogens is 1. The summed E-state index contributed by atoms with van der Waals surface area (Å²) >= 11 is 0. The van der Waals surface area contributed by atoms with Crippen molar-refractivity contribution in [2.75, 3.05) is 0 Å². The van der Waals surface area contributed by atoms with E-state index in [1.807, 2.05) is 0 Å². The van der Waals surface area contributed by atoms with Gasteiger partial charge >= 0.3 is 0 Å². The van der Waals surface area contributed by atoms with Crippen LogP contribution < -0.4 is 5.73 Å². The van der Waals surface area contributed by atoms with Crippen LogP contribution in [-0.4, -0.2) is 11.5 Å². The van der Waals surface area contributed by atoms with Crippen LogP contribution in [0.4, 0.5) is 0 Å². The number of ether oxygens (including phenoxy) is 1. The Morgan fingerprint density at radius 3 is 2.88 bits per heavy atom. The number of ketones is 1. The van der Waals surface area contributed by atoms with Crippen LogP contribution in [0.3, 0.4) is 0 Å².